The molecule has 5 heteroatoms. The number of halogens is 1. The molecule has 1 fully saturated rings. The van der Waals surface area contributed by atoms with Crippen molar-refractivity contribution in [1.82, 2.24) is 4.90 Å². The van der Waals surface area contributed by atoms with Crippen LogP contribution in [0.15, 0.2) is 18.2 Å². The van der Waals surface area contributed by atoms with Crippen molar-refractivity contribution < 1.29 is 4.79 Å². The molecule has 22 heavy (non-hydrogen) atoms. The van der Waals surface area contributed by atoms with Gasteiger partial charge in [0, 0.05) is 44.0 Å². The largest absolute Gasteiger partial charge is 0.369 e. The van der Waals surface area contributed by atoms with Crippen molar-refractivity contribution >= 4 is 29.7 Å². The molecule has 1 amide bonds. The molecule has 2 heterocycles. The zero-order valence-electron chi connectivity index (χ0n) is 13.3. The third-order valence-electron chi connectivity index (χ3n) is 4.55. The van der Waals surface area contributed by atoms with Crippen molar-refractivity contribution in [1.29, 1.82) is 0 Å². The molecule has 0 saturated carbocycles. The van der Waals surface area contributed by atoms with E-state index >= 15 is 0 Å². The first-order chi connectivity index (χ1) is 10.3. The van der Waals surface area contributed by atoms with Crippen molar-refractivity contribution in [3.63, 3.8) is 0 Å². The third-order valence-corrected chi connectivity index (χ3v) is 4.55. The molecule has 0 aliphatic carbocycles. The molecule has 1 aromatic carbocycles. The van der Waals surface area contributed by atoms with Gasteiger partial charge in [-0.05, 0) is 43.1 Å². The molecule has 1 N–H and O–H groups in total. The van der Waals surface area contributed by atoms with Gasteiger partial charge in [-0.15, -0.1) is 12.4 Å². The van der Waals surface area contributed by atoms with E-state index in [9.17, 15) is 4.79 Å². The number of aryl methyl sites for hydroxylation is 1. The zero-order valence-corrected chi connectivity index (χ0v) is 14.1. The van der Waals surface area contributed by atoms with Crippen LogP contribution in [-0.4, -0.2) is 43.5 Å². The first-order valence-electron chi connectivity index (χ1n) is 8.16. The van der Waals surface area contributed by atoms with Gasteiger partial charge < -0.3 is 10.2 Å². The van der Waals surface area contributed by atoms with Crippen LogP contribution in [0.5, 0.6) is 0 Å². The number of amides is 1. The number of nitrogens with zero attached hydrogens (tertiary/aromatic N) is 2. The van der Waals surface area contributed by atoms with Crippen molar-refractivity contribution in [2.45, 2.75) is 32.6 Å². The van der Waals surface area contributed by atoms with Gasteiger partial charge in [0.05, 0.1) is 0 Å². The molecule has 0 unspecified atom stereocenters. The van der Waals surface area contributed by atoms with Crippen molar-refractivity contribution in [3.8, 4) is 0 Å². The van der Waals surface area contributed by atoms with E-state index in [4.69, 9.17) is 0 Å². The molecular formula is C17H26ClN3O. The van der Waals surface area contributed by atoms with Gasteiger partial charge in [0.15, 0.2) is 0 Å². The monoisotopic (exact) mass is 323 g/mol. The molecule has 122 valence electrons. The Balaban J connectivity index is 0.00000176. The second-order valence-electron chi connectivity index (χ2n) is 6.07. The first-order valence-corrected chi connectivity index (χ1v) is 8.16. The van der Waals surface area contributed by atoms with Gasteiger partial charge in [-0.25, -0.2) is 0 Å². The highest BCUT2D eigenvalue weighted by Crippen LogP contribution is 2.28. The normalized spacial score (nSPS) is 18.4. The summed E-state index contributed by atoms with van der Waals surface area (Å²) < 4.78 is 0. The Morgan fingerprint density at radius 3 is 2.64 bits per heavy atom. The topological polar surface area (TPSA) is 35.6 Å². The fourth-order valence-corrected chi connectivity index (χ4v) is 3.18. The zero-order chi connectivity index (χ0) is 14.7. The van der Waals surface area contributed by atoms with Crippen LogP contribution in [0.2, 0.25) is 0 Å². The van der Waals surface area contributed by atoms with Gasteiger partial charge in [0.25, 0.3) is 0 Å². The lowest BCUT2D eigenvalue weighted by Gasteiger charge is -2.36. The number of carbonyl (C=O) groups is 1. The van der Waals surface area contributed by atoms with Crippen LogP contribution >= 0.6 is 12.4 Å². The maximum absolute atomic E-state index is 11.4. The number of unbranched alkanes of at least 4 members (excludes halogenated alkanes) is 1. The van der Waals surface area contributed by atoms with E-state index in [2.05, 4.69) is 40.2 Å². The van der Waals surface area contributed by atoms with Crippen LogP contribution in [0, 0.1) is 0 Å². The van der Waals surface area contributed by atoms with Crippen molar-refractivity contribution in [2.75, 3.05) is 42.9 Å². The molecule has 1 saturated heterocycles. The van der Waals surface area contributed by atoms with Gasteiger partial charge in [0.2, 0.25) is 5.91 Å². The standard InChI is InChI=1S/C17H25N3O.ClH/c1-2-3-8-19-9-11-20(12-10-19)15-5-6-16-14(13-15)4-7-17(21)18-16;/h5-6,13H,2-4,7-12H2,1H3,(H,18,21);1H. The van der Waals surface area contributed by atoms with Crippen LogP contribution in [0.1, 0.15) is 31.7 Å². The number of hydrogen-bond acceptors (Lipinski definition) is 3. The molecule has 1 aromatic rings. The fraction of sp³-hybridized carbons (Fsp3) is 0.588. The lowest BCUT2D eigenvalue weighted by Crippen LogP contribution is -2.46. The highest BCUT2D eigenvalue weighted by Gasteiger charge is 2.19. The maximum Gasteiger partial charge on any atom is 0.224 e. The summed E-state index contributed by atoms with van der Waals surface area (Å²) in [5, 5.41) is 2.95. The number of hydrogen-bond donors (Lipinski definition) is 1. The summed E-state index contributed by atoms with van der Waals surface area (Å²) in [5.74, 6) is 0.139. The Hall–Kier alpha value is -1.26. The Morgan fingerprint density at radius 1 is 1.14 bits per heavy atom. The quantitative estimate of drug-likeness (QED) is 0.925. The van der Waals surface area contributed by atoms with Crippen LogP contribution in [-0.2, 0) is 11.2 Å². The van der Waals surface area contributed by atoms with Crippen LogP contribution < -0.4 is 10.2 Å². The number of piperazine rings is 1. The summed E-state index contributed by atoms with van der Waals surface area (Å²) in [7, 11) is 0. The Bertz CT molecular complexity index is 513. The van der Waals surface area contributed by atoms with Crippen molar-refractivity contribution in [3.05, 3.63) is 23.8 Å². The number of benzene rings is 1. The lowest BCUT2D eigenvalue weighted by atomic mass is 10.0. The van der Waals surface area contributed by atoms with Crippen molar-refractivity contribution in [2.24, 2.45) is 0 Å². The summed E-state index contributed by atoms with van der Waals surface area (Å²) in [6.07, 6.45) is 4.06. The summed E-state index contributed by atoms with van der Waals surface area (Å²) in [6.45, 7) is 8.02. The van der Waals surface area contributed by atoms with Gasteiger partial charge >= 0.3 is 0 Å². The van der Waals surface area contributed by atoms with E-state index in [0.717, 1.165) is 38.3 Å². The highest BCUT2D eigenvalue weighted by molar-refractivity contribution is 5.94. The maximum atomic E-state index is 11.4. The fourth-order valence-electron chi connectivity index (χ4n) is 3.18. The minimum atomic E-state index is 0. The Morgan fingerprint density at radius 2 is 1.91 bits per heavy atom. The molecule has 0 atom stereocenters. The molecule has 0 spiro atoms. The summed E-state index contributed by atoms with van der Waals surface area (Å²) >= 11 is 0. The molecule has 0 radical (unpaired) electrons. The number of fused-ring (bicyclic) bond motifs is 1. The minimum absolute atomic E-state index is 0. The summed E-state index contributed by atoms with van der Waals surface area (Å²) in [4.78, 5) is 16.4. The number of anilines is 2. The Kier molecular flexibility index (Phi) is 6.09. The van der Waals surface area contributed by atoms with E-state index in [1.807, 2.05) is 0 Å². The van der Waals surface area contributed by atoms with Gasteiger partial charge in [-0.3, -0.25) is 9.69 Å². The average Bonchev–Trinajstić information content (AvgIpc) is 2.53. The predicted octanol–water partition coefficient (Wildman–Crippen LogP) is 2.92. The van der Waals surface area contributed by atoms with E-state index in [-0.39, 0.29) is 18.3 Å². The first kappa shape index (κ1) is 17.1. The van der Waals surface area contributed by atoms with Gasteiger partial charge in [0.1, 0.15) is 0 Å². The second-order valence-corrected chi connectivity index (χ2v) is 6.07. The van der Waals surface area contributed by atoms with Crippen LogP contribution in [0.4, 0.5) is 11.4 Å². The second kappa shape index (κ2) is 7.84. The molecule has 0 aromatic heterocycles. The Labute approximate surface area is 139 Å². The molecule has 2 aliphatic heterocycles. The third kappa shape index (κ3) is 3.93. The van der Waals surface area contributed by atoms with E-state index in [1.54, 1.807) is 0 Å². The minimum Gasteiger partial charge on any atom is -0.369 e. The lowest BCUT2D eigenvalue weighted by molar-refractivity contribution is -0.116. The highest BCUT2D eigenvalue weighted by atomic mass is 35.5. The molecule has 2 aliphatic rings. The molecule has 4 nitrogen and oxygen atoms in total. The summed E-state index contributed by atoms with van der Waals surface area (Å²) in [6, 6.07) is 6.47. The van der Waals surface area contributed by atoms with Crippen LogP contribution in [0.3, 0.4) is 0 Å². The molecular weight excluding hydrogens is 298 g/mol. The number of nitrogens with one attached hydrogen (secondary N) is 1. The van der Waals surface area contributed by atoms with Gasteiger partial charge in [-0.2, -0.15) is 0 Å². The number of rotatable bonds is 4. The SMILES string of the molecule is CCCCN1CCN(c2ccc3c(c2)CCC(=O)N3)CC1.Cl. The van der Waals surface area contributed by atoms with E-state index in [0.29, 0.717) is 6.42 Å². The van der Waals surface area contributed by atoms with E-state index in [1.165, 1.54) is 30.6 Å². The molecule has 0 bridgehead atoms. The smallest absolute Gasteiger partial charge is 0.224 e. The predicted molar refractivity (Wildman–Crippen MR) is 94.2 cm³/mol. The van der Waals surface area contributed by atoms with E-state index < -0.39 is 0 Å². The van der Waals surface area contributed by atoms with Crippen LogP contribution in [0.25, 0.3) is 0 Å². The summed E-state index contributed by atoms with van der Waals surface area (Å²) in [5.41, 5.74) is 3.58. The van der Waals surface area contributed by atoms with Gasteiger partial charge in [-0.1, -0.05) is 13.3 Å². The average molecular weight is 324 g/mol. The number of carbonyl (C=O) groups excluding carboxylic acids is 1. The molecule has 3 rings (SSSR count).